The average molecular weight is 495 g/mol. The molecule has 1 aliphatic rings. The van der Waals surface area contributed by atoms with E-state index in [-0.39, 0.29) is 23.8 Å². The van der Waals surface area contributed by atoms with E-state index < -0.39 is 28.0 Å². The smallest absolute Gasteiger partial charge is 0.338 e. The molecule has 4 rings (SSSR count). The van der Waals surface area contributed by atoms with E-state index in [0.29, 0.717) is 22.5 Å². The zero-order chi connectivity index (χ0) is 25.2. The first kappa shape index (κ1) is 24.3. The molecule has 0 saturated carbocycles. The maximum atomic E-state index is 13.5. The minimum Gasteiger partial charge on any atom is -0.476 e. The molecule has 35 heavy (non-hydrogen) atoms. The van der Waals surface area contributed by atoms with Gasteiger partial charge in [0.25, 0.3) is 15.9 Å². The van der Waals surface area contributed by atoms with Gasteiger partial charge in [-0.3, -0.25) is 9.10 Å². The lowest BCUT2D eigenvalue weighted by molar-refractivity contribution is -0.122. The highest BCUT2D eigenvalue weighted by Gasteiger charge is 2.37. The average Bonchev–Trinajstić information content (AvgIpc) is 2.85. The van der Waals surface area contributed by atoms with Crippen molar-refractivity contribution < 1.29 is 27.5 Å². The van der Waals surface area contributed by atoms with Gasteiger partial charge < -0.3 is 14.8 Å². The van der Waals surface area contributed by atoms with Crippen molar-refractivity contribution in [3.63, 3.8) is 0 Å². The fourth-order valence-electron chi connectivity index (χ4n) is 3.82. The van der Waals surface area contributed by atoms with Gasteiger partial charge in [-0.05, 0) is 62.7 Å². The zero-order valence-electron chi connectivity index (χ0n) is 19.6. The summed E-state index contributed by atoms with van der Waals surface area (Å²) in [6, 6.07) is 18.1. The molecule has 0 unspecified atom stereocenters. The normalized spacial score (nSPS) is 15.1. The van der Waals surface area contributed by atoms with Gasteiger partial charge >= 0.3 is 5.97 Å². The van der Waals surface area contributed by atoms with E-state index in [0.717, 1.165) is 5.56 Å². The molecular weight excluding hydrogens is 468 g/mol. The van der Waals surface area contributed by atoms with Crippen LogP contribution < -0.4 is 14.4 Å². The van der Waals surface area contributed by atoms with Crippen molar-refractivity contribution in [1.29, 1.82) is 0 Å². The number of fused-ring (bicyclic) bond motifs is 1. The van der Waals surface area contributed by atoms with Crippen molar-refractivity contribution >= 4 is 33.3 Å². The van der Waals surface area contributed by atoms with Crippen LogP contribution in [-0.4, -0.2) is 39.5 Å². The molecule has 0 bridgehead atoms. The molecule has 8 nitrogen and oxygen atoms in total. The van der Waals surface area contributed by atoms with Gasteiger partial charge in [0.15, 0.2) is 6.10 Å². The lowest BCUT2D eigenvalue weighted by Gasteiger charge is -2.34. The van der Waals surface area contributed by atoms with Crippen molar-refractivity contribution in [3.8, 4) is 5.75 Å². The Hall–Kier alpha value is -3.85. The highest BCUT2D eigenvalue weighted by molar-refractivity contribution is 7.92. The number of sulfonamides is 1. The summed E-state index contributed by atoms with van der Waals surface area (Å²) in [5, 5.41) is 2.77. The van der Waals surface area contributed by atoms with Crippen molar-refractivity contribution in [3.05, 3.63) is 83.4 Å². The third-order valence-electron chi connectivity index (χ3n) is 5.72. The largest absolute Gasteiger partial charge is 0.476 e. The summed E-state index contributed by atoms with van der Waals surface area (Å²) in [6.07, 6.45) is -1.12. The molecule has 1 aliphatic heterocycles. The van der Waals surface area contributed by atoms with Gasteiger partial charge in [-0.1, -0.05) is 35.9 Å². The van der Waals surface area contributed by atoms with Crippen LogP contribution in [0.5, 0.6) is 5.75 Å². The molecule has 0 aromatic heterocycles. The summed E-state index contributed by atoms with van der Waals surface area (Å²) in [5.41, 5.74) is 2.58. The maximum absolute atomic E-state index is 13.5. The molecule has 1 N–H and O–H groups in total. The second-order valence-corrected chi connectivity index (χ2v) is 9.97. The minimum absolute atomic E-state index is 0.122. The van der Waals surface area contributed by atoms with E-state index in [4.69, 9.17) is 9.47 Å². The Morgan fingerprint density at radius 1 is 1.03 bits per heavy atom. The number of benzene rings is 3. The number of aryl methyl sites for hydroxylation is 1. The number of hydrogen-bond donors (Lipinski definition) is 1. The molecule has 0 spiro atoms. The van der Waals surface area contributed by atoms with Crippen LogP contribution >= 0.6 is 0 Å². The summed E-state index contributed by atoms with van der Waals surface area (Å²) in [5.74, 6) is -0.737. The number of nitrogens with one attached hydrogen (secondary N) is 1. The van der Waals surface area contributed by atoms with Crippen LogP contribution in [0.2, 0.25) is 0 Å². The van der Waals surface area contributed by atoms with Crippen molar-refractivity contribution in [2.24, 2.45) is 0 Å². The van der Waals surface area contributed by atoms with E-state index in [1.54, 1.807) is 80.6 Å². The van der Waals surface area contributed by atoms with Crippen LogP contribution in [0.3, 0.4) is 0 Å². The molecule has 0 radical (unpaired) electrons. The highest BCUT2D eigenvalue weighted by atomic mass is 32.2. The number of para-hydroxylation sites is 2. The van der Waals surface area contributed by atoms with E-state index in [9.17, 15) is 18.0 Å². The van der Waals surface area contributed by atoms with Crippen molar-refractivity contribution in [1.82, 2.24) is 0 Å². The second-order valence-electron chi connectivity index (χ2n) is 8.11. The first-order chi connectivity index (χ1) is 16.7. The van der Waals surface area contributed by atoms with Gasteiger partial charge in [0.1, 0.15) is 5.75 Å². The summed E-state index contributed by atoms with van der Waals surface area (Å²) >= 11 is 0. The van der Waals surface area contributed by atoms with Crippen molar-refractivity contribution in [2.75, 3.05) is 22.8 Å². The number of carbonyl (C=O) groups excluding carboxylic acids is 2. The van der Waals surface area contributed by atoms with Crippen LogP contribution in [0.1, 0.15) is 28.4 Å². The maximum Gasteiger partial charge on any atom is 0.338 e. The van der Waals surface area contributed by atoms with Crippen LogP contribution in [0.15, 0.2) is 71.6 Å². The van der Waals surface area contributed by atoms with Crippen LogP contribution in [-0.2, 0) is 19.6 Å². The van der Waals surface area contributed by atoms with Gasteiger partial charge in [0, 0.05) is 5.69 Å². The lowest BCUT2D eigenvalue weighted by Crippen LogP contribution is -2.48. The molecular formula is C26H26N2O6S. The highest BCUT2D eigenvalue weighted by Crippen LogP contribution is 2.37. The number of nitrogens with zero attached hydrogens (tertiary/aromatic N) is 1. The zero-order valence-corrected chi connectivity index (χ0v) is 20.5. The standard InChI is InChI=1S/C26H26N2O6S/c1-4-33-26(30)20-8-7-9-21(18(20)3)27-25(29)24-16-28(22-10-5-6-11-23(22)34-24)35(31,32)19-14-12-17(2)13-15-19/h5-15,24H,4,16H2,1-3H3,(H,27,29)/t24-/m0/s1. The molecule has 0 aliphatic carbocycles. The SMILES string of the molecule is CCOC(=O)c1cccc(NC(=O)[C@@H]2CN(S(=O)(=O)c3ccc(C)cc3)c3ccccc3O2)c1C. The molecule has 0 fully saturated rings. The molecule has 0 saturated heterocycles. The van der Waals surface area contributed by atoms with E-state index >= 15 is 0 Å². The Balaban J connectivity index is 1.64. The van der Waals surface area contributed by atoms with Crippen LogP contribution in [0.25, 0.3) is 0 Å². The number of amides is 1. The third-order valence-corrected chi connectivity index (χ3v) is 7.52. The monoisotopic (exact) mass is 494 g/mol. The molecule has 182 valence electrons. The molecule has 1 amide bonds. The van der Waals surface area contributed by atoms with Crippen LogP contribution in [0, 0.1) is 13.8 Å². The first-order valence-corrected chi connectivity index (χ1v) is 12.6. The number of rotatable bonds is 6. The molecule has 1 heterocycles. The van der Waals surface area contributed by atoms with Gasteiger partial charge in [0.2, 0.25) is 0 Å². The summed E-state index contributed by atoms with van der Waals surface area (Å²) in [7, 11) is -3.95. The van der Waals surface area contributed by atoms with E-state index in [1.165, 1.54) is 4.31 Å². The molecule has 3 aromatic rings. The predicted octanol–water partition coefficient (Wildman–Crippen LogP) is 4.08. The fraction of sp³-hybridized carbons (Fsp3) is 0.231. The van der Waals surface area contributed by atoms with Gasteiger partial charge in [0.05, 0.1) is 29.3 Å². The summed E-state index contributed by atoms with van der Waals surface area (Å²) in [6.45, 7) is 5.31. The minimum atomic E-state index is -3.95. The van der Waals surface area contributed by atoms with E-state index in [1.807, 2.05) is 6.92 Å². The number of hydrogen-bond acceptors (Lipinski definition) is 6. The van der Waals surface area contributed by atoms with Gasteiger partial charge in [-0.25, -0.2) is 13.2 Å². The number of anilines is 2. The van der Waals surface area contributed by atoms with Crippen molar-refractivity contribution in [2.45, 2.75) is 31.8 Å². The molecule has 1 atom stereocenters. The molecule has 9 heteroatoms. The number of ether oxygens (including phenoxy) is 2. The van der Waals surface area contributed by atoms with Crippen LogP contribution in [0.4, 0.5) is 11.4 Å². The second kappa shape index (κ2) is 9.79. The quantitative estimate of drug-likeness (QED) is 0.518. The summed E-state index contributed by atoms with van der Waals surface area (Å²) in [4.78, 5) is 25.6. The third kappa shape index (κ3) is 4.85. The Kier molecular flexibility index (Phi) is 6.79. The number of carbonyl (C=O) groups is 2. The Bertz CT molecular complexity index is 1370. The first-order valence-electron chi connectivity index (χ1n) is 11.1. The number of esters is 1. The predicted molar refractivity (Wildman–Crippen MR) is 132 cm³/mol. The van der Waals surface area contributed by atoms with Gasteiger partial charge in [-0.2, -0.15) is 0 Å². The Labute approximate surface area is 204 Å². The topological polar surface area (TPSA) is 102 Å². The summed E-state index contributed by atoms with van der Waals surface area (Å²) < 4.78 is 39.2. The fourth-order valence-corrected chi connectivity index (χ4v) is 5.29. The van der Waals surface area contributed by atoms with E-state index in [2.05, 4.69) is 5.32 Å². The van der Waals surface area contributed by atoms with Gasteiger partial charge in [-0.15, -0.1) is 0 Å². The lowest BCUT2D eigenvalue weighted by atomic mass is 10.1. The molecule has 3 aromatic carbocycles. The Morgan fingerprint density at radius 2 is 1.74 bits per heavy atom. The Morgan fingerprint density at radius 3 is 2.46 bits per heavy atom.